The van der Waals surface area contributed by atoms with E-state index in [0.29, 0.717) is 31.9 Å². The molecule has 0 radical (unpaired) electrons. The highest BCUT2D eigenvalue weighted by Crippen LogP contribution is 2.32. The van der Waals surface area contributed by atoms with E-state index in [4.69, 9.17) is 4.74 Å². The first kappa shape index (κ1) is 23.2. The number of halogens is 6. The van der Waals surface area contributed by atoms with E-state index in [1.54, 1.807) is 6.07 Å². The lowest BCUT2D eigenvalue weighted by Crippen LogP contribution is -2.49. The van der Waals surface area contributed by atoms with E-state index in [2.05, 4.69) is 0 Å². The van der Waals surface area contributed by atoms with Gasteiger partial charge in [0.2, 0.25) is 0 Å². The predicted molar refractivity (Wildman–Crippen MR) is 103 cm³/mol. The summed E-state index contributed by atoms with van der Waals surface area (Å²) in [6, 6.07) is 9.58. The Hall–Kier alpha value is -2.46. The van der Waals surface area contributed by atoms with Crippen LogP contribution in [0.2, 0.25) is 0 Å². The fourth-order valence-electron chi connectivity index (χ4n) is 3.37. The monoisotopic (exact) mass is 448 g/mol. The number of aliphatic hydroxyl groups excluding tert-OH is 1. The Bertz CT molecular complexity index is 863. The van der Waals surface area contributed by atoms with Gasteiger partial charge in [0.1, 0.15) is 18.5 Å². The molecule has 0 spiro atoms. The highest BCUT2D eigenvalue weighted by molar-refractivity contribution is 5.49. The molecule has 1 atom stereocenters. The molecule has 0 saturated carbocycles. The van der Waals surface area contributed by atoms with Crippen molar-refractivity contribution in [2.75, 3.05) is 44.2 Å². The van der Waals surface area contributed by atoms with Crippen molar-refractivity contribution >= 4 is 5.69 Å². The van der Waals surface area contributed by atoms with Gasteiger partial charge in [-0.3, -0.25) is 4.90 Å². The van der Waals surface area contributed by atoms with Gasteiger partial charge in [0.25, 0.3) is 0 Å². The van der Waals surface area contributed by atoms with Crippen LogP contribution in [0.15, 0.2) is 48.5 Å². The summed E-state index contributed by atoms with van der Waals surface area (Å²) in [4.78, 5) is 3.78. The van der Waals surface area contributed by atoms with Crippen LogP contribution >= 0.6 is 0 Å². The standard InChI is InChI=1S/C21H22F6N2O2/c22-20(23,24)15-3-1-5-17(11-15)29-9-7-28(8-10-29)13-18(30)14-31-19-6-2-4-16(12-19)21(25,26)27/h1-6,11-12,18,30H,7-10,13-14H2. The number of rotatable bonds is 6. The first-order chi connectivity index (χ1) is 14.5. The zero-order valence-electron chi connectivity index (χ0n) is 16.5. The first-order valence-electron chi connectivity index (χ1n) is 9.65. The summed E-state index contributed by atoms with van der Waals surface area (Å²) in [6.45, 7) is 2.10. The molecular formula is C21H22F6N2O2. The molecule has 0 aliphatic carbocycles. The SMILES string of the molecule is OC(COc1cccc(C(F)(F)F)c1)CN1CCN(c2cccc(C(F)(F)F)c2)CC1. The summed E-state index contributed by atoms with van der Waals surface area (Å²) < 4.78 is 82.2. The molecule has 1 heterocycles. The number of β-amino-alcohol motifs (C(OH)–C–C–N with tert-alkyl or cyclic N) is 1. The number of alkyl halides is 6. The smallest absolute Gasteiger partial charge is 0.416 e. The Morgan fingerprint density at radius 3 is 2.03 bits per heavy atom. The lowest BCUT2D eigenvalue weighted by molar-refractivity contribution is -0.138. The van der Waals surface area contributed by atoms with Gasteiger partial charge in [0, 0.05) is 38.4 Å². The van der Waals surface area contributed by atoms with Crippen LogP contribution in [0.1, 0.15) is 11.1 Å². The highest BCUT2D eigenvalue weighted by atomic mass is 19.4. The maximum atomic E-state index is 12.9. The van der Waals surface area contributed by atoms with Gasteiger partial charge in [-0.1, -0.05) is 12.1 Å². The molecule has 1 aliphatic heterocycles. The molecule has 2 aromatic rings. The van der Waals surface area contributed by atoms with Crippen molar-refractivity contribution in [3.63, 3.8) is 0 Å². The van der Waals surface area contributed by atoms with Crippen molar-refractivity contribution in [2.24, 2.45) is 0 Å². The van der Waals surface area contributed by atoms with E-state index in [1.807, 2.05) is 9.80 Å². The molecule has 0 aromatic heterocycles. The number of piperazine rings is 1. The van der Waals surface area contributed by atoms with Crippen LogP contribution in [0.4, 0.5) is 32.0 Å². The minimum atomic E-state index is -4.47. The van der Waals surface area contributed by atoms with E-state index in [0.717, 1.165) is 24.3 Å². The average Bonchev–Trinajstić information content (AvgIpc) is 2.72. The van der Waals surface area contributed by atoms with Crippen LogP contribution in [0.25, 0.3) is 0 Å². The second-order valence-electron chi connectivity index (χ2n) is 7.33. The summed E-state index contributed by atoms with van der Waals surface area (Å²) in [5, 5.41) is 10.2. The molecule has 1 aliphatic rings. The molecule has 3 rings (SSSR count). The van der Waals surface area contributed by atoms with E-state index in [9.17, 15) is 31.4 Å². The van der Waals surface area contributed by atoms with Crippen LogP contribution in [-0.4, -0.2) is 55.4 Å². The summed E-state index contributed by atoms with van der Waals surface area (Å²) >= 11 is 0. The van der Waals surface area contributed by atoms with E-state index >= 15 is 0 Å². The molecule has 4 nitrogen and oxygen atoms in total. The number of nitrogens with zero attached hydrogens (tertiary/aromatic N) is 2. The third-order valence-corrected chi connectivity index (χ3v) is 4.98. The summed E-state index contributed by atoms with van der Waals surface area (Å²) in [6.07, 6.45) is -9.80. The maximum Gasteiger partial charge on any atom is 0.416 e. The molecule has 1 saturated heterocycles. The molecule has 2 aromatic carbocycles. The normalized spacial score (nSPS) is 16.9. The molecule has 0 bridgehead atoms. The Morgan fingerprint density at radius 1 is 0.839 bits per heavy atom. The van der Waals surface area contributed by atoms with Crippen LogP contribution < -0.4 is 9.64 Å². The van der Waals surface area contributed by atoms with Crippen molar-refractivity contribution in [2.45, 2.75) is 18.5 Å². The summed E-state index contributed by atoms with van der Waals surface area (Å²) in [7, 11) is 0. The Balaban J connectivity index is 1.47. The van der Waals surface area contributed by atoms with Gasteiger partial charge < -0.3 is 14.7 Å². The third kappa shape index (κ3) is 6.51. The fraction of sp³-hybridized carbons (Fsp3) is 0.429. The number of benzene rings is 2. The van der Waals surface area contributed by atoms with Crippen molar-refractivity contribution in [1.82, 2.24) is 4.90 Å². The Morgan fingerprint density at radius 2 is 1.42 bits per heavy atom. The molecular weight excluding hydrogens is 426 g/mol. The number of hydrogen-bond acceptors (Lipinski definition) is 4. The third-order valence-electron chi connectivity index (χ3n) is 4.98. The molecule has 1 fully saturated rings. The zero-order valence-corrected chi connectivity index (χ0v) is 16.5. The molecule has 31 heavy (non-hydrogen) atoms. The molecule has 170 valence electrons. The van der Waals surface area contributed by atoms with E-state index in [1.165, 1.54) is 18.2 Å². The fourth-order valence-corrected chi connectivity index (χ4v) is 3.37. The summed E-state index contributed by atoms with van der Waals surface area (Å²) in [5.41, 5.74) is -1.04. The molecule has 1 unspecified atom stereocenters. The lowest BCUT2D eigenvalue weighted by atomic mass is 10.1. The van der Waals surface area contributed by atoms with Crippen molar-refractivity contribution in [3.8, 4) is 5.75 Å². The minimum absolute atomic E-state index is 0.0169. The van der Waals surface area contributed by atoms with Crippen LogP contribution in [-0.2, 0) is 12.4 Å². The van der Waals surface area contributed by atoms with Crippen molar-refractivity contribution in [3.05, 3.63) is 59.7 Å². The van der Waals surface area contributed by atoms with Gasteiger partial charge in [0.05, 0.1) is 11.1 Å². The minimum Gasteiger partial charge on any atom is -0.491 e. The van der Waals surface area contributed by atoms with Crippen LogP contribution in [0.3, 0.4) is 0 Å². The highest BCUT2D eigenvalue weighted by Gasteiger charge is 2.32. The molecule has 1 N–H and O–H groups in total. The second kappa shape index (κ2) is 9.35. The van der Waals surface area contributed by atoms with Gasteiger partial charge in [-0.05, 0) is 36.4 Å². The largest absolute Gasteiger partial charge is 0.491 e. The molecule has 0 amide bonds. The number of ether oxygens (including phenoxy) is 1. The topological polar surface area (TPSA) is 35.9 Å². The number of hydrogen-bond donors (Lipinski definition) is 1. The van der Waals surface area contributed by atoms with Gasteiger partial charge in [0.15, 0.2) is 0 Å². The van der Waals surface area contributed by atoms with Crippen LogP contribution in [0.5, 0.6) is 5.75 Å². The predicted octanol–water partition coefficient (Wildman–Crippen LogP) is 4.29. The van der Waals surface area contributed by atoms with Crippen molar-refractivity contribution in [1.29, 1.82) is 0 Å². The quantitative estimate of drug-likeness (QED) is 0.670. The maximum absolute atomic E-state index is 12.9. The van der Waals surface area contributed by atoms with E-state index in [-0.39, 0.29) is 18.9 Å². The van der Waals surface area contributed by atoms with Crippen LogP contribution in [0, 0.1) is 0 Å². The Kier molecular flexibility index (Phi) is 7.00. The van der Waals surface area contributed by atoms with Crippen molar-refractivity contribution < 1.29 is 36.2 Å². The average molecular weight is 448 g/mol. The molecule has 10 heteroatoms. The first-order valence-corrected chi connectivity index (χ1v) is 9.65. The summed E-state index contributed by atoms with van der Waals surface area (Å²) in [5.74, 6) is 0.0169. The second-order valence-corrected chi connectivity index (χ2v) is 7.33. The van der Waals surface area contributed by atoms with Gasteiger partial charge in [-0.25, -0.2) is 0 Å². The Labute approximate surface area is 175 Å². The zero-order chi connectivity index (χ0) is 22.6. The van der Waals surface area contributed by atoms with Gasteiger partial charge in [-0.2, -0.15) is 26.3 Å². The van der Waals surface area contributed by atoms with Gasteiger partial charge >= 0.3 is 12.4 Å². The number of aliphatic hydroxyl groups is 1. The lowest BCUT2D eigenvalue weighted by Gasteiger charge is -2.37. The van der Waals surface area contributed by atoms with Gasteiger partial charge in [-0.15, -0.1) is 0 Å². The number of anilines is 1. The van der Waals surface area contributed by atoms with E-state index < -0.39 is 29.6 Å².